The largest absolute Gasteiger partial charge is 0.0507 e. The molecule has 0 radical (unpaired) electrons. The smallest absolute Gasteiger partial charge is 0.0282 e. The van der Waals surface area contributed by atoms with Crippen molar-refractivity contribution in [2.24, 2.45) is 0 Å². The van der Waals surface area contributed by atoms with Crippen molar-refractivity contribution in [2.75, 3.05) is 0 Å². The molecule has 0 spiro atoms. The van der Waals surface area contributed by atoms with Gasteiger partial charge in [-0.2, -0.15) is 0 Å². The summed E-state index contributed by atoms with van der Waals surface area (Å²) in [6, 6.07) is 0. The Morgan fingerprint density at radius 2 is 2.25 bits per heavy atom. The molecule has 0 bridgehead atoms. The number of hydrogen-bond donors (Lipinski definition) is 0. The molecule has 1 heteroatoms. The third-order valence-electron chi connectivity index (χ3n) is 0.118. The molecule has 0 saturated heterocycles. The first kappa shape index (κ1) is 3.87. The number of hydrogen-bond acceptors (Lipinski definition) is 1. The highest BCUT2D eigenvalue weighted by Crippen LogP contribution is 1.42. The van der Waals surface area contributed by atoms with Gasteiger partial charge in [0.25, 0.3) is 0 Å². The minimum Gasteiger partial charge on any atom is -0.0507 e. The Labute approximate surface area is 31.1 Å². The first-order valence-corrected chi connectivity index (χ1v) is 1.48. The molecule has 0 heterocycles. The van der Waals surface area contributed by atoms with Crippen LogP contribution < -0.4 is 0 Å². The molecule has 0 aliphatic rings. The number of allylic oxidation sites excluding steroid dienone is 1. The highest BCUT2D eigenvalue weighted by atomic mass is 32.1. The molecule has 0 aromatic heterocycles. The summed E-state index contributed by atoms with van der Waals surface area (Å²) in [4.78, 5) is 0. The number of thiocarbonyl (C=S) groups is 1. The Morgan fingerprint density at radius 1 is 2.00 bits per heavy atom. The third kappa shape index (κ3) is 1.87. The van der Waals surface area contributed by atoms with Crippen molar-refractivity contribution in [2.45, 2.75) is 6.92 Å². The molecule has 4 heavy (non-hydrogen) atoms. The van der Waals surface area contributed by atoms with Crippen LogP contribution in [0.2, 0.25) is 0 Å². The maximum absolute atomic E-state index is 4.25. The van der Waals surface area contributed by atoms with Gasteiger partial charge in [-0.1, -0.05) is 5.02 Å². The van der Waals surface area contributed by atoms with Crippen LogP contribution in [0.25, 0.3) is 0 Å². The normalized spacial score (nSPS) is 4.25. The van der Waals surface area contributed by atoms with Gasteiger partial charge >= 0.3 is 0 Å². The Morgan fingerprint density at radius 3 is 2.25 bits per heavy atom. The molecule has 0 saturated carbocycles. The summed E-state index contributed by atoms with van der Waals surface area (Å²) in [7, 11) is 0. The van der Waals surface area contributed by atoms with Gasteiger partial charge in [0.05, 0.1) is 0 Å². The van der Waals surface area contributed by atoms with E-state index in [4.69, 9.17) is 0 Å². The van der Waals surface area contributed by atoms with E-state index in [0.717, 1.165) is 0 Å². The van der Waals surface area contributed by atoms with Gasteiger partial charge in [0.15, 0.2) is 0 Å². The van der Waals surface area contributed by atoms with Crippen LogP contribution in [0.1, 0.15) is 6.92 Å². The fourth-order valence-electron chi connectivity index (χ4n) is 0. The van der Waals surface area contributed by atoms with E-state index < -0.39 is 0 Å². The molecule has 0 nitrogen and oxygen atoms in total. The van der Waals surface area contributed by atoms with Gasteiger partial charge in [0.1, 0.15) is 0 Å². The lowest BCUT2D eigenvalue weighted by molar-refractivity contribution is 1.84. The van der Waals surface area contributed by atoms with Crippen LogP contribution in [0, 0.1) is 0 Å². The summed E-state index contributed by atoms with van der Waals surface area (Å²) in [5.41, 5.74) is 0. The zero-order valence-electron chi connectivity index (χ0n) is 2.49. The molecule has 0 atom stereocenters. The maximum atomic E-state index is 4.25. The van der Waals surface area contributed by atoms with Crippen LogP contribution in [0.15, 0.2) is 6.08 Å². The lowest BCUT2D eigenvalue weighted by atomic mass is 10.8. The molecular weight excluding hydrogens is 68.1 g/mol. The van der Waals surface area contributed by atoms with Crippen LogP contribution in [0.5, 0.6) is 0 Å². The van der Waals surface area contributed by atoms with E-state index in [1.807, 2.05) is 6.92 Å². The van der Waals surface area contributed by atoms with Gasteiger partial charge in [0.2, 0.25) is 0 Å². The quantitative estimate of drug-likeness (QED) is 0.387. The first-order chi connectivity index (χ1) is 1.91. The molecule has 0 fully saturated rings. The summed E-state index contributed by atoms with van der Waals surface area (Å²) in [6.07, 6.45) is 1.69. The average molecular weight is 72.1 g/mol. The molecule has 0 aromatic rings. The van der Waals surface area contributed by atoms with Crippen LogP contribution in [0.3, 0.4) is 0 Å². The van der Waals surface area contributed by atoms with Crippen molar-refractivity contribution in [3.05, 3.63) is 6.08 Å². The van der Waals surface area contributed by atoms with E-state index in [1.54, 1.807) is 6.08 Å². The van der Waals surface area contributed by atoms with Gasteiger partial charge in [-0.05, 0) is 25.2 Å². The zero-order chi connectivity index (χ0) is 3.41. The van der Waals surface area contributed by atoms with Crippen LogP contribution in [0.4, 0.5) is 0 Å². The van der Waals surface area contributed by atoms with Gasteiger partial charge in [-0.3, -0.25) is 0 Å². The minimum absolute atomic E-state index is 1.69. The van der Waals surface area contributed by atoms with Crippen molar-refractivity contribution < 1.29 is 0 Å². The van der Waals surface area contributed by atoms with E-state index in [-0.39, 0.29) is 0 Å². The molecule has 0 aliphatic heterocycles. The highest BCUT2D eigenvalue weighted by molar-refractivity contribution is 7.78. The first-order valence-electron chi connectivity index (χ1n) is 1.07. The van der Waals surface area contributed by atoms with E-state index >= 15 is 0 Å². The van der Waals surface area contributed by atoms with E-state index in [1.165, 1.54) is 0 Å². The Balaban J connectivity index is 3.11. The monoisotopic (exact) mass is 72.0 g/mol. The van der Waals surface area contributed by atoms with Crippen molar-refractivity contribution in [3.63, 3.8) is 0 Å². The van der Waals surface area contributed by atoms with Crippen molar-refractivity contribution in [1.82, 2.24) is 0 Å². The molecule has 22 valence electrons. The second-order valence-corrected chi connectivity index (χ2v) is 0.642. The Hall–Kier alpha value is -0.130. The predicted octanol–water partition coefficient (Wildman–Crippen LogP) is 1.16. The van der Waals surface area contributed by atoms with Crippen molar-refractivity contribution >= 4 is 17.2 Å². The van der Waals surface area contributed by atoms with Gasteiger partial charge in [0, 0.05) is 0 Å². The molecular formula is C3H4S. The fourth-order valence-corrected chi connectivity index (χ4v) is 0. The SMILES string of the molecule is CC=C=S. The Kier molecular flexibility index (Phi) is 2.78. The highest BCUT2D eigenvalue weighted by Gasteiger charge is 1.27. The molecule has 0 rings (SSSR count). The fraction of sp³-hybridized carbons (Fsp3) is 0.333. The van der Waals surface area contributed by atoms with E-state index in [0.29, 0.717) is 0 Å². The summed E-state index contributed by atoms with van der Waals surface area (Å²) in [6.45, 7) is 1.84. The maximum Gasteiger partial charge on any atom is -0.0282 e. The van der Waals surface area contributed by atoms with Crippen LogP contribution >= 0.6 is 12.2 Å². The summed E-state index contributed by atoms with van der Waals surface area (Å²) < 4.78 is 0. The summed E-state index contributed by atoms with van der Waals surface area (Å²) >= 11 is 4.25. The molecule has 0 aromatic carbocycles. The van der Waals surface area contributed by atoms with Crippen LogP contribution in [-0.2, 0) is 0 Å². The van der Waals surface area contributed by atoms with Crippen molar-refractivity contribution in [1.29, 1.82) is 0 Å². The third-order valence-corrected chi connectivity index (χ3v) is 0.354. The predicted molar refractivity (Wildman–Crippen MR) is 22.8 cm³/mol. The van der Waals surface area contributed by atoms with E-state index in [9.17, 15) is 0 Å². The zero-order valence-corrected chi connectivity index (χ0v) is 3.30. The number of rotatable bonds is 0. The van der Waals surface area contributed by atoms with Crippen LogP contribution in [-0.4, -0.2) is 5.02 Å². The van der Waals surface area contributed by atoms with Crippen molar-refractivity contribution in [3.8, 4) is 0 Å². The molecule has 0 aliphatic carbocycles. The average Bonchev–Trinajstić information content (AvgIpc) is 1.37. The molecule has 0 amide bonds. The molecule has 0 unspecified atom stereocenters. The topological polar surface area (TPSA) is 0 Å². The second kappa shape index (κ2) is 2.87. The second-order valence-electron chi connectivity index (χ2n) is 0.407. The standard InChI is InChI=1S/C3H4S/c1-2-3-4/h2H,1H3. The Bertz CT molecular complexity index is 41.2. The van der Waals surface area contributed by atoms with Gasteiger partial charge in [-0.15, -0.1) is 0 Å². The molecule has 0 N–H and O–H groups in total. The lowest BCUT2D eigenvalue weighted by Crippen LogP contribution is -1.26. The van der Waals surface area contributed by atoms with Gasteiger partial charge in [-0.25, -0.2) is 0 Å². The summed E-state index contributed by atoms with van der Waals surface area (Å²) in [5.74, 6) is 0. The summed E-state index contributed by atoms with van der Waals surface area (Å²) in [5, 5.41) is 2.39. The lowest BCUT2D eigenvalue weighted by Gasteiger charge is -1.34. The van der Waals surface area contributed by atoms with E-state index in [2.05, 4.69) is 17.2 Å². The van der Waals surface area contributed by atoms with Gasteiger partial charge < -0.3 is 0 Å². The minimum atomic E-state index is 1.69.